The van der Waals surface area contributed by atoms with E-state index >= 15 is 0 Å². The summed E-state index contributed by atoms with van der Waals surface area (Å²) in [5.74, 6) is 0.138. The monoisotopic (exact) mass is 234 g/mol. The van der Waals surface area contributed by atoms with E-state index in [0.717, 1.165) is 11.1 Å². The molecule has 16 heavy (non-hydrogen) atoms. The van der Waals surface area contributed by atoms with E-state index in [2.05, 4.69) is 0 Å². The molecule has 1 aromatic heterocycles. The molecule has 0 aliphatic carbocycles. The molecular formula is C13H11ClO2. The van der Waals surface area contributed by atoms with Crippen LogP contribution in [0.5, 0.6) is 0 Å². The zero-order valence-corrected chi connectivity index (χ0v) is 9.57. The molecule has 0 N–H and O–H groups in total. The first-order valence-electron chi connectivity index (χ1n) is 4.97. The summed E-state index contributed by atoms with van der Waals surface area (Å²) < 4.78 is 5.13. The van der Waals surface area contributed by atoms with E-state index in [0.29, 0.717) is 5.76 Å². The molecule has 0 bridgehead atoms. The molecule has 0 amide bonds. The van der Waals surface area contributed by atoms with E-state index in [1.165, 1.54) is 6.26 Å². The largest absolute Gasteiger partial charge is 0.461 e. The van der Waals surface area contributed by atoms with E-state index in [1.54, 1.807) is 6.07 Å². The van der Waals surface area contributed by atoms with Crippen LogP contribution in [-0.2, 0) is 0 Å². The summed E-state index contributed by atoms with van der Waals surface area (Å²) in [6, 6.07) is 11.0. The van der Waals surface area contributed by atoms with Gasteiger partial charge in [0.1, 0.15) is 5.38 Å². The molecule has 82 valence electrons. The topological polar surface area (TPSA) is 30.2 Å². The third-order valence-corrected chi connectivity index (χ3v) is 2.86. The van der Waals surface area contributed by atoms with Gasteiger partial charge in [0.25, 0.3) is 0 Å². The number of ketones is 1. The van der Waals surface area contributed by atoms with Crippen LogP contribution in [0.3, 0.4) is 0 Å². The van der Waals surface area contributed by atoms with Gasteiger partial charge in [-0.2, -0.15) is 0 Å². The number of aryl methyl sites for hydroxylation is 1. The average Bonchev–Trinajstić information content (AvgIpc) is 2.75. The molecule has 1 atom stereocenters. The molecule has 3 heteroatoms. The number of rotatable bonds is 3. The Balaban J connectivity index is 2.27. The van der Waals surface area contributed by atoms with Crippen LogP contribution >= 0.6 is 11.6 Å². The Labute approximate surface area is 98.8 Å². The highest BCUT2D eigenvalue weighted by Crippen LogP contribution is 2.26. The fraction of sp³-hybridized carbons (Fsp3) is 0.154. The van der Waals surface area contributed by atoms with Gasteiger partial charge in [-0.1, -0.05) is 30.3 Å². The van der Waals surface area contributed by atoms with Crippen molar-refractivity contribution in [2.24, 2.45) is 0 Å². The van der Waals surface area contributed by atoms with Gasteiger partial charge in [0.15, 0.2) is 5.76 Å². The van der Waals surface area contributed by atoms with Gasteiger partial charge in [-0.05, 0) is 24.1 Å². The Hall–Kier alpha value is -1.54. The minimum absolute atomic E-state index is 0.199. The van der Waals surface area contributed by atoms with Crippen LogP contribution in [-0.4, -0.2) is 5.78 Å². The Morgan fingerprint density at radius 2 is 1.94 bits per heavy atom. The zero-order chi connectivity index (χ0) is 11.5. The van der Waals surface area contributed by atoms with Gasteiger partial charge in [0, 0.05) is 0 Å². The third-order valence-electron chi connectivity index (χ3n) is 2.41. The van der Waals surface area contributed by atoms with Crippen LogP contribution in [0.2, 0.25) is 0 Å². The highest BCUT2D eigenvalue weighted by atomic mass is 35.5. The van der Waals surface area contributed by atoms with E-state index in [1.807, 2.05) is 37.3 Å². The Morgan fingerprint density at radius 3 is 2.50 bits per heavy atom. The highest BCUT2D eigenvalue weighted by Gasteiger charge is 2.23. The highest BCUT2D eigenvalue weighted by molar-refractivity contribution is 6.33. The molecule has 0 spiro atoms. The van der Waals surface area contributed by atoms with Crippen LogP contribution in [0.25, 0.3) is 0 Å². The average molecular weight is 235 g/mol. The van der Waals surface area contributed by atoms with Crippen LogP contribution in [0.1, 0.15) is 27.1 Å². The molecule has 1 aromatic carbocycles. The minimum Gasteiger partial charge on any atom is -0.461 e. The molecule has 0 aliphatic heterocycles. The van der Waals surface area contributed by atoms with Crippen molar-refractivity contribution in [2.45, 2.75) is 12.3 Å². The lowest BCUT2D eigenvalue weighted by Gasteiger charge is -2.07. The predicted octanol–water partition coefficient (Wildman–Crippen LogP) is 3.75. The molecule has 0 saturated heterocycles. The van der Waals surface area contributed by atoms with Crippen molar-refractivity contribution in [3.05, 3.63) is 59.5 Å². The van der Waals surface area contributed by atoms with E-state index in [-0.39, 0.29) is 5.78 Å². The number of Topliss-reactive ketones (excluding diaryl/α,β-unsaturated/α-hetero) is 1. The summed E-state index contributed by atoms with van der Waals surface area (Å²) in [4.78, 5) is 12.0. The van der Waals surface area contributed by atoms with Gasteiger partial charge in [0.2, 0.25) is 5.78 Å². The minimum atomic E-state index is -0.689. The second-order valence-electron chi connectivity index (χ2n) is 3.57. The fourth-order valence-electron chi connectivity index (χ4n) is 1.51. The number of hydrogen-bond donors (Lipinski definition) is 0. The maximum atomic E-state index is 12.0. The Kier molecular flexibility index (Phi) is 3.11. The standard InChI is InChI=1S/C13H11ClO2/c1-9-7-8-16-13(9)12(15)11(14)10-5-3-2-4-6-10/h2-8,11H,1H3. The molecule has 0 radical (unpaired) electrons. The fourth-order valence-corrected chi connectivity index (χ4v) is 1.76. The number of benzene rings is 1. The van der Waals surface area contributed by atoms with Crippen LogP contribution in [0.4, 0.5) is 0 Å². The van der Waals surface area contributed by atoms with Gasteiger partial charge in [-0.3, -0.25) is 4.79 Å². The van der Waals surface area contributed by atoms with Crippen LogP contribution in [0, 0.1) is 6.92 Å². The summed E-state index contributed by atoms with van der Waals surface area (Å²) in [5.41, 5.74) is 1.59. The SMILES string of the molecule is Cc1ccoc1C(=O)C(Cl)c1ccccc1. The number of furan rings is 1. The molecule has 2 aromatic rings. The first-order valence-corrected chi connectivity index (χ1v) is 5.41. The lowest BCUT2D eigenvalue weighted by Crippen LogP contribution is -2.07. The van der Waals surface area contributed by atoms with E-state index in [4.69, 9.17) is 16.0 Å². The smallest absolute Gasteiger partial charge is 0.220 e. The number of carbonyl (C=O) groups is 1. The number of carbonyl (C=O) groups excluding carboxylic acids is 1. The van der Waals surface area contributed by atoms with Crippen molar-refractivity contribution in [2.75, 3.05) is 0 Å². The molecular weight excluding hydrogens is 224 g/mol. The van der Waals surface area contributed by atoms with Crippen molar-refractivity contribution in [3.8, 4) is 0 Å². The molecule has 2 nitrogen and oxygen atoms in total. The van der Waals surface area contributed by atoms with Crippen molar-refractivity contribution in [3.63, 3.8) is 0 Å². The van der Waals surface area contributed by atoms with E-state index in [9.17, 15) is 4.79 Å². The van der Waals surface area contributed by atoms with Gasteiger partial charge < -0.3 is 4.42 Å². The summed E-state index contributed by atoms with van der Waals surface area (Å²) in [6.07, 6.45) is 1.50. The predicted molar refractivity (Wildman–Crippen MR) is 62.8 cm³/mol. The molecule has 1 heterocycles. The molecule has 2 rings (SSSR count). The second kappa shape index (κ2) is 4.54. The summed E-state index contributed by atoms with van der Waals surface area (Å²) >= 11 is 6.11. The lowest BCUT2D eigenvalue weighted by atomic mass is 10.1. The maximum Gasteiger partial charge on any atom is 0.220 e. The van der Waals surface area contributed by atoms with Crippen molar-refractivity contribution >= 4 is 17.4 Å². The molecule has 1 unspecified atom stereocenters. The number of hydrogen-bond acceptors (Lipinski definition) is 2. The van der Waals surface area contributed by atoms with Crippen LogP contribution in [0.15, 0.2) is 47.1 Å². The van der Waals surface area contributed by atoms with Gasteiger partial charge in [-0.25, -0.2) is 0 Å². The lowest BCUT2D eigenvalue weighted by molar-refractivity contribution is 0.0959. The number of halogens is 1. The summed E-state index contributed by atoms with van der Waals surface area (Å²) in [5, 5.41) is -0.689. The molecule has 0 fully saturated rings. The van der Waals surface area contributed by atoms with Gasteiger partial charge in [-0.15, -0.1) is 11.6 Å². The van der Waals surface area contributed by atoms with Crippen molar-refractivity contribution in [1.82, 2.24) is 0 Å². The normalized spacial score (nSPS) is 12.4. The van der Waals surface area contributed by atoms with E-state index < -0.39 is 5.38 Å². The van der Waals surface area contributed by atoms with Gasteiger partial charge in [0.05, 0.1) is 6.26 Å². The summed E-state index contributed by atoms with van der Waals surface area (Å²) in [7, 11) is 0. The zero-order valence-electron chi connectivity index (χ0n) is 8.81. The molecule has 0 saturated carbocycles. The maximum absolute atomic E-state index is 12.0. The van der Waals surface area contributed by atoms with Crippen molar-refractivity contribution in [1.29, 1.82) is 0 Å². The first kappa shape index (κ1) is 11.0. The summed E-state index contributed by atoms with van der Waals surface area (Å²) in [6.45, 7) is 1.82. The first-order chi connectivity index (χ1) is 7.70. The Morgan fingerprint density at radius 1 is 1.25 bits per heavy atom. The van der Waals surface area contributed by atoms with Gasteiger partial charge >= 0.3 is 0 Å². The third kappa shape index (κ3) is 2.02. The second-order valence-corrected chi connectivity index (χ2v) is 4.01. The van der Waals surface area contributed by atoms with Crippen molar-refractivity contribution < 1.29 is 9.21 Å². The Bertz CT molecular complexity index is 488. The molecule has 0 aliphatic rings. The number of alkyl halides is 1. The quantitative estimate of drug-likeness (QED) is 0.598. The van der Waals surface area contributed by atoms with Crippen LogP contribution < -0.4 is 0 Å².